The van der Waals surface area contributed by atoms with Gasteiger partial charge in [-0.05, 0) is 62.2 Å². The molecule has 0 aliphatic rings. The van der Waals surface area contributed by atoms with E-state index in [4.69, 9.17) is 14.6 Å². The number of carbonyl (C=O) groups excluding carboxylic acids is 2. The number of aromatic nitrogens is 2. The second kappa shape index (κ2) is 10.9. The van der Waals surface area contributed by atoms with Crippen LogP contribution in [0.15, 0.2) is 66.7 Å². The third kappa shape index (κ3) is 5.51. The topological polar surface area (TPSA) is 82.4 Å². The number of carbonyl (C=O) groups is 2. The average Bonchev–Trinajstić information content (AvgIpc) is 3.22. The van der Waals surface area contributed by atoms with E-state index in [0.717, 1.165) is 39.0 Å². The molecule has 1 N–H and O–H groups in total. The smallest absolute Gasteiger partial charge is 0.310 e. The zero-order valence-corrected chi connectivity index (χ0v) is 20.2. The van der Waals surface area contributed by atoms with Crippen molar-refractivity contribution in [3.8, 4) is 16.9 Å². The number of benzene rings is 3. The predicted octanol–water partition coefficient (Wildman–Crippen LogP) is 5.54. The summed E-state index contributed by atoms with van der Waals surface area (Å²) in [4.78, 5) is 22.7. The van der Waals surface area contributed by atoms with E-state index in [0.29, 0.717) is 18.8 Å². The number of para-hydroxylation sites is 1. The van der Waals surface area contributed by atoms with Gasteiger partial charge in [0, 0.05) is 22.7 Å². The Labute approximate surface area is 204 Å². The Morgan fingerprint density at radius 2 is 1.80 bits per heavy atom. The first-order chi connectivity index (χ1) is 17.0. The Balaban J connectivity index is 1.64. The fourth-order valence-electron chi connectivity index (χ4n) is 4.02. The van der Waals surface area contributed by atoms with Crippen LogP contribution in [0.25, 0.3) is 22.0 Å². The summed E-state index contributed by atoms with van der Waals surface area (Å²) in [6, 6.07) is 21.6. The first-order valence-electron chi connectivity index (χ1n) is 11.7. The molecular weight excluding hydrogens is 442 g/mol. The monoisotopic (exact) mass is 471 g/mol. The Kier molecular flexibility index (Phi) is 7.45. The molecule has 180 valence electrons. The molecule has 0 aliphatic carbocycles. The Hall–Kier alpha value is -4.13. The standard InChI is InChI=1S/C28H29N3O4/c1-4-34-28(33)16-22-7-5-6-8-27(22)35-17-25-24-15-21(11-14-26(24)31(30-25)19(2)3)20-9-12-23(13-10-20)29-18-32/h5-15,18-19H,4,16-17H2,1-3H3,(H,29,32). The summed E-state index contributed by atoms with van der Waals surface area (Å²) in [5, 5.41) is 8.51. The fraction of sp³-hybridized carbons (Fsp3) is 0.250. The van der Waals surface area contributed by atoms with Crippen molar-refractivity contribution in [1.82, 2.24) is 9.78 Å². The molecule has 0 saturated heterocycles. The normalized spacial score (nSPS) is 11.0. The van der Waals surface area contributed by atoms with Crippen molar-refractivity contribution in [1.29, 1.82) is 0 Å². The summed E-state index contributed by atoms with van der Waals surface area (Å²) >= 11 is 0. The zero-order chi connectivity index (χ0) is 24.8. The molecule has 0 atom stereocenters. The number of nitrogens with zero attached hydrogens (tertiary/aromatic N) is 2. The summed E-state index contributed by atoms with van der Waals surface area (Å²) in [6.45, 7) is 6.60. The quantitative estimate of drug-likeness (QED) is 0.243. The SMILES string of the molecule is CCOC(=O)Cc1ccccc1OCc1nn(C(C)C)c2ccc(-c3ccc(NC=O)cc3)cc12. The van der Waals surface area contributed by atoms with Crippen LogP contribution in [0.4, 0.5) is 5.69 Å². The highest BCUT2D eigenvalue weighted by molar-refractivity contribution is 5.87. The summed E-state index contributed by atoms with van der Waals surface area (Å²) in [5.74, 6) is 0.360. The summed E-state index contributed by atoms with van der Waals surface area (Å²) < 4.78 is 13.3. The molecule has 7 nitrogen and oxygen atoms in total. The molecule has 0 saturated carbocycles. The van der Waals surface area contributed by atoms with Crippen LogP contribution in [0.5, 0.6) is 5.75 Å². The van der Waals surface area contributed by atoms with E-state index in [9.17, 15) is 9.59 Å². The molecular formula is C28H29N3O4. The number of esters is 1. The summed E-state index contributed by atoms with van der Waals surface area (Å²) in [5.41, 5.74) is 5.45. The van der Waals surface area contributed by atoms with E-state index in [-0.39, 0.29) is 25.0 Å². The van der Waals surface area contributed by atoms with Gasteiger partial charge in [0.05, 0.1) is 18.5 Å². The highest BCUT2D eigenvalue weighted by atomic mass is 16.5. The minimum Gasteiger partial charge on any atom is -0.487 e. The van der Waals surface area contributed by atoms with Gasteiger partial charge in [-0.3, -0.25) is 14.3 Å². The van der Waals surface area contributed by atoms with Gasteiger partial charge in [-0.25, -0.2) is 0 Å². The van der Waals surface area contributed by atoms with Gasteiger partial charge in [-0.15, -0.1) is 0 Å². The van der Waals surface area contributed by atoms with Crippen molar-refractivity contribution >= 4 is 29.0 Å². The molecule has 0 spiro atoms. The maximum absolute atomic E-state index is 12.0. The van der Waals surface area contributed by atoms with Gasteiger partial charge >= 0.3 is 5.97 Å². The maximum atomic E-state index is 12.0. The van der Waals surface area contributed by atoms with Crippen LogP contribution in [-0.2, 0) is 27.4 Å². The van der Waals surface area contributed by atoms with Crippen molar-refractivity contribution in [3.05, 3.63) is 78.0 Å². The molecule has 0 unspecified atom stereocenters. The number of nitrogens with one attached hydrogen (secondary N) is 1. The molecule has 0 aliphatic heterocycles. The van der Waals surface area contributed by atoms with E-state index in [2.05, 4.69) is 37.4 Å². The molecule has 0 radical (unpaired) electrons. The summed E-state index contributed by atoms with van der Waals surface area (Å²) in [6.07, 6.45) is 0.822. The van der Waals surface area contributed by atoms with Gasteiger partial charge < -0.3 is 14.8 Å². The largest absolute Gasteiger partial charge is 0.487 e. The molecule has 0 bridgehead atoms. The van der Waals surface area contributed by atoms with Crippen LogP contribution in [0.3, 0.4) is 0 Å². The number of fused-ring (bicyclic) bond motifs is 1. The van der Waals surface area contributed by atoms with Crippen LogP contribution >= 0.6 is 0 Å². The average molecular weight is 472 g/mol. The lowest BCUT2D eigenvalue weighted by atomic mass is 10.0. The Bertz CT molecular complexity index is 1330. The first kappa shape index (κ1) is 24.0. The van der Waals surface area contributed by atoms with Gasteiger partial charge in [0.15, 0.2) is 0 Å². The molecule has 0 fully saturated rings. The van der Waals surface area contributed by atoms with Gasteiger partial charge in [0.1, 0.15) is 18.1 Å². The minimum absolute atomic E-state index is 0.157. The van der Waals surface area contributed by atoms with Gasteiger partial charge in [-0.2, -0.15) is 5.10 Å². The fourth-order valence-corrected chi connectivity index (χ4v) is 4.02. The number of ether oxygens (including phenoxy) is 2. The van der Waals surface area contributed by atoms with Crippen LogP contribution in [0.1, 0.15) is 38.1 Å². The van der Waals surface area contributed by atoms with E-state index in [1.807, 2.05) is 53.2 Å². The number of hydrogen-bond donors (Lipinski definition) is 1. The number of amides is 1. The van der Waals surface area contributed by atoms with Crippen molar-refractivity contribution < 1.29 is 19.1 Å². The number of rotatable bonds is 10. The molecule has 4 rings (SSSR count). The third-order valence-corrected chi connectivity index (χ3v) is 5.69. The highest BCUT2D eigenvalue weighted by Gasteiger charge is 2.16. The van der Waals surface area contributed by atoms with Crippen LogP contribution < -0.4 is 10.1 Å². The van der Waals surface area contributed by atoms with E-state index in [1.165, 1.54) is 0 Å². The molecule has 1 heterocycles. The van der Waals surface area contributed by atoms with Crippen LogP contribution in [0.2, 0.25) is 0 Å². The molecule has 4 aromatic rings. The molecule has 1 aromatic heterocycles. The lowest BCUT2D eigenvalue weighted by Gasteiger charge is -2.10. The first-order valence-corrected chi connectivity index (χ1v) is 11.7. The molecule has 3 aromatic carbocycles. The van der Waals surface area contributed by atoms with Crippen molar-refractivity contribution in [3.63, 3.8) is 0 Å². The summed E-state index contributed by atoms with van der Waals surface area (Å²) in [7, 11) is 0. The van der Waals surface area contributed by atoms with Crippen molar-refractivity contribution in [2.75, 3.05) is 11.9 Å². The van der Waals surface area contributed by atoms with Crippen molar-refractivity contribution in [2.45, 2.75) is 39.8 Å². The minimum atomic E-state index is -0.280. The van der Waals surface area contributed by atoms with Gasteiger partial charge in [-0.1, -0.05) is 36.4 Å². The number of anilines is 1. The molecule has 1 amide bonds. The van der Waals surface area contributed by atoms with Gasteiger partial charge in [0.2, 0.25) is 6.41 Å². The van der Waals surface area contributed by atoms with Crippen molar-refractivity contribution in [2.24, 2.45) is 0 Å². The number of hydrogen-bond acceptors (Lipinski definition) is 5. The third-order valence-electron chi connectivity index (χ3n) is 5.69. The molecule has 35 heavy (non-hydrogen) atoms. The highest BCUT2D eigenvalue weighted by Crippen LogP contribution is 2.30. The van der Waals surface area contributed by atoms with Gasteiger partial charge in [0.25, 0.3) is 0 Å². The lowest BCUT2D eigenvalue weighted by molar-refractivity contribution is -0.142. The lowest BCUT2D eigenvalue weighted by Crippen LogP contribution is -2.09. The molecule has 7 heteroatoms. The van der Waals surface area contributed by atoms with E-state index >= 15 is 0 Å². The van der Waals surface area contributed by atoms with Crippen LogP contribution in [-0.4, -0.2) is 28.8 Å². The second-order valence-corrected chi connectivity index (χ2v) is 8.43. The predicted molar refractivity (Wildman–Crippen MR) is 136 cm³/mol. The van der Waals surface area contributed by atoms with E-state index < -0.39 is 0 Å². The maximum Gasteiger partial charge on any atom is 0.310 e. The zero-order valence-electron chi connectivity index (χ0n) is 20.2. The Morgan fingerprint density at radius 1 is 1.06 bits per heavy atom. The Morgan fingerprint density at radius 3 is 2.51 bits per heavy atom. The van der Waals surface area contributed by atoms with Crippen LogP contribution in [0, 0.1) is 0 Å². The second-order valence-electron chi connectivity index (χ2n) is 8.43. The van der Waals surface area contributed by atoms with E-state index in [1.54, 1.807) is 6.92 Å².